The van der Waals surface area contributed by atoms with E-state index in [0.29, 0.717) is 22.6 Å². The minimum atomic E-state index is -0.911. The molecule has 0 aliphatic rings. The van der Waals surface area contributed by atoms with Gasteiger partial charge in [0.2, 0.25) is 0 Å². The fraction of sp³-hybridized carbons (Fsp3) is 0.389. The van der Waals surface area contributed by atoms with Crippen LogP contribution < -0.4 is 0 Å². The van der Waals surface area contributed by atoms with Crippen LogP contribution in [0.15, 0.2) is 33.6 Å². The zero-order valence-electron chi connectivity index (χ0n) is 15.4. The molecule has 0 aliphatic heterocycles. The number of oxime groups is 1. The van der Waals surface area contributed by atoms with E-state index < -0.39 is 11.8 Å². The van der Waals surface area contributed by atoms with E-state index in [1.165, 1.54) is 7.11 Å². The minimum absolute atomic E-state index is 0.0421. The molecule has 134 valence electrons. The number of hydrogen-bond acceptors (Lipinski definition) is 7. The third-order valence-electron chi connectivity index (χ3n) is 3.30. The molecule has 25 heavy (non-hydrogen) atoms. The van der Waals surface area contributed by atoms with Crippen LogP contribution in [0.3, 0.4) is 0 Å². The summed E-state index contributed by atoms with van der Waals surface area (Å²) in [5.41, 5.74) is 3.53. The molecule has 0 saturated carbocycles. The Morgan fingerprint density at radius 1 is 1.04 bits per heavy atom. The molecule has 0 N–H and O–H groups in total. The average molecular weight is 345 g/mol. The van der Waals surface area contributed by atoms with Crippen molar-refractivity contribution in [3.8, 4) is 0 Å². The molecule has 0 aliphatic carbocycles. The van der Waals surface area contributed by atoms with Crippen molar-refractivity contribution < 1.29 is 19.2 Å². The molecule has 0 radical (unpaired) electrons. The van der Waals surface area contributed by atoms with Crippen LogP contribution in [0.1, 0.15) is 49.2 Å². The smallest absolute Gasteiger partial charge is 0.379 e. The second-order valence-electron chi connectivity index (χ2n) is 5.61. The average Bonchev–Trinajstić information content (AvgIpc) is 2.58. The van der Waals surface area contributed by atoms with Crippen molar-refractivity contribution in [3.63, 3.8) is 0 Å². The van der Waals surface area contributed by atoms with E-state index in [1.54, 1.807) is 39.0 Å². The van der Waals surface area contributed by atoms with E-state index in [2.05, 4.69) is 20.1 Å². The zero-order valence-corrected chi connectivity index (χ0v) is 15.4. The number of rotatable bonds is 7. The maximum Gasteiger partial charge on any atom is 0.379 e. The van der Waals surface area contributed by atoms with Crippen molar-refractivity contribution in [2.45, 2.75) is 41.2 Å². The van der Waals surface area contributed by atoms with Crippen LogP contribution in [0, 0.1) is 6.92 Å². The van der Waals surface area contributed by atoms with Crippen molar-refractivity contribution in [1.29, 1.82) is 0 Å². The number of ketones is 1. The highest BCUT2D eigenvalue weighted by Crippen LogP contribution is 2.17. The Morgan fingerprint density at radius 3 is 2.32 bits per heavy atom. The lowest BCUT2D eigenvalue weighted by Gasteiger charge is -2.10. The number of hydrogen-bond donors (Lipinski definition) is 0. The van der Waals surface area contributed by atoms with E-state index in [0.717, 1.165) is 5.71 Å². The molecule has 0 bridgehead atoms. The molecule has 0 heterocycles. The van der Waals surface area contributed by atoms with E-state index in [1.807, 2.05) is 13.8 Å². The van der Waals surface area contributed by atoms with Crippen molar-refractivity contribution in [1.82, 2.24) is 0 Å². The van der Waals surface area contributed by atoms with Crippen LogP contribution >= 0.6 is 0 Å². The predicted octanol–water partition coefficient (Wildman–Crippen LogP) is 3.10. The first-order valence-corrected chi connectivity index (χ1v) is 7.71. The van der Waals surface area contributed by atoms with Gasteiger partial charge >= 0.3 is 5.97 Å². The van der Waals surface area contributed by atoms with Gasteiger partial charge in [-0.25, -0.2) is 4.79 Å². The quantitative estimate of drug-likeness (QED) is 0.250. The highest BCUT2D eigenvalue weighted by Gasteiger charge is 2.22. The molecule has 0 atom stereocenters. The Bertz CT molecular complexity index is 745. The SMILES string of the molecule is COC(=O)C(=O)c1c(C)cccc1CO/N=C(C)\C(C)=N/N=C(C)C. The number of carbonyl (C=O) groups is 2. The number of aryl methyl sites for hydroxylation is 1. The van der Waals surface area contributed by atoms with Gasteiger partial charge in [-0.1, -0.05) is 23.4 Å². The Labute approximate surface area is 147 Å². The number of esters is 1. The van der Waals surface area contributed by atoms with Crippen LogP contribution in [-0.4, -0.2) is 36.0 Å². The molecule has 0 aromatic heterocycles. The Hall–Kier alpha value is -2.83. The van der Waals surface area contributed by atoms with Crippen LogP contribution in [0.4, 0.5) is 0 Å². The third kappa shape index (κ3) is 5.95. The van der Waals surface area contributed by atoms with Gasteiger partial charge in [0, 0.05) is 16.8 Å². The topological polar surface area (TPSA) is 89.7 Å². The summed E-state index contributed by atoms with van der Waals surface area (Å²) in [5.74, 6) is -1.61. The lowest BCUT2D eigenvalue weighted by molar-refractivity contribution is -0.135. The summed E-state index contributed by atoms with van der Waals surface area (Å²) in [6.07, 6.45) is 0. The van der Waals surface area contributed by atoms with E-state index >= 15 is 0 Å². The van der Waals surface area contributed by atoms with Crippen molar-refractivity contribution in [2.75, 3.05) is 7.11 Å². The van der Waals surface area contributed by atoms with Crippen LogP contribution in [0.2, 0.25) is 0 Å². The van der Waals surface area contributed by atoms with Crippen molar-refractivity contribution >= 4 is 28.9 Å². The molecular weight excluding hydrogens is 322 g/mol. The summed E-state index contributed by atoms with van der Waals surface area (Å²) < 4.78 is 4.51. The molecular formula is C18H23N3O4. The van der Waals surface area contributed by atoms with Gasteiger partial charge in [-0.2, -0.15) is 10.2 Å². The monoisotopic (exact) mass is 345 g/mol. The maximum absolute atomic E-state index is 12.2. The van der Waals surface area contributed by atoms with Gasteiger partial charge in [-0.3, -0.25) is 4.79 Å². The number of methoxy groups -OCH3 is 1. The summed E-state index contributed by atoms with van der Waals surface area (Å²) >= 11 is 0. The van der Waals surface area contributed by atoms with Crippen molar-refractivity contribution in [3.05, 3.63) is 34.9 Å². The Kier molecular flexibility index (Phi) is 7.65. The molecule has 7 heteroatoms. The maximum atomic E-state index is 12.2. The standard InChI is InChI=1S/C18H23N3O4/c1-11(2)19-20-13(4)14(5)21-25-10-15-9-7-8-12(3)16(15)17(22)18(23)24-6/h7-9H,10H2,1-6H3/b20-13-,21-14-. The van der Waals surface area contributed by atoms with Gasteiger partial charge in [-0.05, 0) is 40.2 Å². The van der Waals surface area contributed by atoms with Gasteiger partial charge in [0.15, 0.2) is 0 Å². The summed E-state index contributed by atoms with van der Waals surface area (Å²) in [5, 5.41) is 12.0. The second kappa shape index (κ2) is 9.46. The van der Waals surface area contributed by atoms with Gasteiger partial charge < -0.3 is 9.57 Å². The normalized spacial score (nSPS) is 11.8. The van der Waals surface area contributed by atoms with Gasteiger partial charge in [0.25, 0.3) is 5.78 Å². The molecule has 0 unspecified atom stereocenters. The number of Topliss-reactive ketones (excluding diaryl/α,β-unsaturated/α-hetero) is 1. The number of benzene rings is 1. The molecule has 7 nitrogen and oxygen atoms in total. The molecule has 1 rings (SSSR count). The zero-order chi connectivity index (χ0) is 19.0. The fourth-order valence-electron chi connectivity index (χ4n) is 1.88. The first kappa shape index (κ1) is 20.2. The van der Waals surface area contributed by atoms with E-state index in [9.17, 15) is 9.59 Å². The first-order valence-electron chi connectivity index (χ1n) is 7.71. The largest absolute Gasteiger partial charge is 0.463 e. The van der Waals surface area contributed by atoms with Crippen LogP contribution in [0.5, 0.6) is 0 Å². The van der Waals surface area contributed by atoms with Gasteiger partial charge in [0.05, 0.1) is 18.5 Å². The Balaban J connectivity index is 2.95. The molecule has 0 spiro atoms. The molecule has 0 amide bonds. The predicted molar refractivity (Wildman–Crippen MR) is 97.3 cm³/mol. The molecule has 0 saturated heterocycles. The summed E-state index contributed by atoms with van der Waals surface area (Å²) in [6.45, 7) is 8.99. The first-order chi connectivity index (χ1) is 11.8. The van der Waals surface area contributed by atoms with Crippen LogP contribution in [-0.2, 0) is 21.0 Å². The minimum Gasteiger partial charge on any atom is -0.463 e. The molecule has 1 aromatic carbocycles. The lowest BCUT2D eigenvalue weighted by Crippen LogP contribution is -2.19. The highest BCUT2D eigenvalue weighted by molar-refractivity contribution is 6.41. The number of carbonyl (C=O) groups excluding carboxylic acids is 2. The molecule has 0 fully saturated rings. The van der Waals surface area contributed by atoms with Crippen LogP contribution in [0.25, 0.3) is 0 Å². The third-order valence-corrected chi connectivity index (χ3v) is 3.30. The summed E-state index contributed by atoms with van der Waals surface area (Å²) in [6, 6.07) is 5.24. The summed E-state index contributed by atoms with van der Waals surface area (Å²) in [4.78, 5) is 29.0. The molecule has 1 aromatic rings. The lowest BCUT2D eigenvalue weighted by atomic mass is 9.98. The summed E-state index contributed by atoms with van der Waals surface area (Å²) in [7, 11) is 1.17. The van der Waals surface area contributed by atoms with Gasteiger partial charge in [-0.15, -0.1) is 0 Å². The van der Waals surface area contributed by atoms with E-state index in [4.69, 9.17) is 4.84 Å². The Morgan fingerprint density at radius 2 is 1.72 bits per heavy atom. The second-order valence-corrected chi connectivity index (χ2v) is 5.61. The van der Waals surface area contributed by atoms with Crippen molar-refractivity contribution in [2.24, 2.45) is 15.4 Å². The number of nitrogens with zero attached hydrogens (tertiary/aromatic N) is 3. The fourth-order valence-corrected chi connectivity index (χ4v) is 1.88. The van der Waals surface area contributed by atoms with Gasteiger partial charge in [0.1, 0.15) is 6.61 Å². The highest BCUT2D eigenvalue weighted by atomic mass is 16.6. The number of ether oxygens (including phenoxy) is 1. The van der Waals surface area contributed by atoms with E-state index in [-0.39, 0.29) is 12.2 Å².